The Hall–Kier alpha value is -1.65. The third-order valence-electron chi connectivity index (χ3n) is 3.63. The van der Waals surface area contributed by atoms with Crippen LogP contribution in [0.3, 0.4) is 0 Å². The highest BCUT2D eigenvalue weighted by molar-refractivity contribution is 5.09. The van der Waals surface area contributed by atoms with E-state index < -0.39 is 0 Å². The number of nitrogens with zero attached hydrogens (tertiary/aromatic N) is 2. The molecule has 1 N–H and O–H groups in total. The highest BCUT2D eigenvalue weighted by Crippen LogP contribution is 2.11. The molecule has 0 bridgehead atoms. The van der Waals surface area contributed by atoms with Crippen LogP contribution in [0.2, 0.25) is 0 Å². The van der Waals surface area contributed by atoms with Crippen LogP contribution in [0, 0.1) is 6.92 Å². The summed E-state index contributed by atoms with van der Waals surface area (Å²) in [7, 11) is 0. The third-order valence-corrected chi connectivity index (χ3v) is 3.63. The van der Waals surface area contributed by atoms with Crippen LogP contribution in [0.5, 0.6) is 0 Å². The van der Waals surface area contributed by atoms with Crippen LogP contribution < -0.4 is 5.32 Å². The molecule has 1 atom stereocenters. The predicted molar refractivity (Wildman–Crippen MR) is 85.1 cm³/mol. The van der Waals surface area contributed by atoms with Crippen LogP contribution in [-0.2, 0) is 6.54 Å². The van der Waals surface area contributed by atoms with Crippen molar-refractivity contribution in [2.75, 3.05) is 19.6 Å². The Morgan fingerprint density at radius 3 is 2.81 bits per heavy atom. The van der Waals surface area contributed by atoms with Gasteiger partial charge in [-0.2, -0.15) is 0 Å². The second-order valence-electron chi connectivity index (χ2n) is 5.33. The SMILES string of the molecule is CCN(CCNC(C)c1ccco1)Cc1cccc(C)n1. The van der Waals surface area contributed by atoms with Crippen LogP contribution in [0.25, 0.3) is 0 Å². The van der Waals surface area contributed by atoms with Crippen molar-refractivity contribution in [1.82, 2.24) is 15.2 Å². The fourth-order valence-electron chi connectivity index (χ4n) is 2.34. The molecule has 0 aliphatic carbocycles. The average molecular weight is 287 g/mol. The van der Waals surface area contributed by atoms with E-state index in [1.165, 1.54) is 0 Å². The quantitative estimate of drug-likeness (QED) is 0.810. The Balaban J connectivity index is 1.77. The monoisotopic (exact) mass is 287 g/mol. The molecule has 0 saturated heterocycles. The van der Waals surface area contributed by atoms with Gasteiger partial charge < -0.3 is 9.73 Å². The van der Waals surface area contributed by atoms with Crippen LogP contribution in [0.15, 0.2) is 41.0 Å². The third kappa shape index (κ3) is 4.99. The zero-order valence-electron chi connectivity index (χ0n) is 13.2. The molecule has 0 radical (unpaired) electrons. The Morgan fingerprint density at radius 1 is 1.29 bits per heavy atom. The lowest BCUT2D eigenvalue weighted by molar-refractivity contribution is 0.269. The van der Waals surface area contributed by atoms with E-state index >= 15 is 0 Å². The molecule has 0 aromatic carbocycles. The van der Waals surface area contributed by atoms with Crippen molar-refractivity contribution in [1.29, 1.82) is 0 Å². The fourth-order valence-corrected chi connectivity index (χ4v) is 2.34. The second-order valence-corrected chi connectivity index (χ2v) is 5.33. The molecule has 2 aromatic heterocycles. The number of rotatable bonds is 8. The van der Waals surface area contributed by atoms with E-state index in [-0.39, 0.29) is 6.04 Å². The van der Waals surface area contributed by atoms with E-state index in [0.717, 1.165) is 43.3 Å². The molecular weight excluding hydrogens is 262 g/mol. The molecule has 0 amide bonds. The number of hydrogen-bond acceptors (Lipinski definition) is 4. The summed E-state index contributed by atoms with van der Waals surface area (Å²) in [5, 5.41) is 3.49. The number of furan rings is 1. The molecule has 2 heterocycles. The standard InChI is InChI=1S/C17H25N3O/c1-4-20(13-16-8-5-7-14(2)19-16)11-10-18-15(3)17-9-6-12-21-17/h5-9,12,15,18H,4,10-11,13H2,1-3H3. The molecule has 0 fully saturated rings. The molecule has 2 rings (SSSR count). The summed E-state index contributed by atoms with van der Waals surface area (Å²) in [5.74, 6) is 0.985. The molecule has 0 saturated carbocycles. The van der Waals surface area contributed by atoms with Gasteiger partial charge in [-0.1, -0.05) is 13.0 Å². The molecule has 4 nitrogen and oxygen atoms in total. The predicted octanol–water partition coefficient (Wildman–Crippen LogP) is 3.16. The Kier molecular flexibility index (Phi) is 5.96. The lowest BCUT2D eigenvalue weighted by Crippen LogP contribution is -2.33. The minimum Gasteiger partial charge on any atom is -0.468 e. The first-order chi connectivity index (χ1) is 10.2. The molecule has 0 spiro atoms. The summed E-state index contributed by atoms with van der Waals surface area (Å²) in [6, 6.07) is 10.4. The number of nitrogens with one attached hydrogen (secondary N) is 1. The van der Waals surface area contributed by atoms with E-state index in [0.29, 0.717) is 0 Å². The molecule has 21 heavy (non-hydrogen) atoms. The first-order valence-corrected chi connectivity index (χ1v) is 7.60. The van der Waals surface area contributed by atoms with E-state index in [2.05, 4.69) is 41.2 Å². The van der Waals surface area contributed by atoms with Gasteiger partial charge >= 0.3 is 0 Å². The van der Waals surface area contributed by atoms with Crippen molar-refractivity contribution < 1.29 is 4.42 Å². The van der Waals surface area contributed by atoms with Crippen molar-refractivity contribution >= 4 is 0 Å². The van der Waals surface area contributed by atoms with Crippen LogP contribution >= 0.6 is 0 Å². The Labute approximate surface area is 127 Å². The van der Waals surface area contributed by atoms with Crippen molar-refractivity contribution in [2.24, 2.45) is 0 Å². The van der Waals surface area contributed by atoms with Crippen molar-refractivity contribution in [3.63, 3.8) is 0 Å². The number of aromatic nitrogens is 1. The summed E-state index contributed by atoms with van der Waals surface area (Å²) in [6.45, 7) is 10.2. The van der Waals surface area contributed by atoms with Crippen LogP contribution in [0.4, 0.5) is 0 Å². The van der Waals surface area contributed by atoms with E-state index in [1.54, 1.807) is 6.26 Å². The maximum atomic E-state index is 5.40. The van der Waals surface area contributed by atoms with Gasteiger partial charge in [-0.3, -0.25) is 9.88 Å². The first-order valence-electron chi connectivity index (χ1n) is 7.60. The zero-order chi connectivity index (χ0) is 15.1. The highest BCUT2D eigenvalue weighted by Gasteiger charge is 2.09. The lowest BCUT2D eigenvalue weighted by Gasteiger charge is -2.21. The van der Waals surface area contributed by atoms with Gasteiger partial charge in [-0.15, -0.1) is 0 Å². The van der Waals surface area contributed by atoms with Gasteiger partial charge in [0.1, 0.15) is 5.76 Å². The number of aryl methyl sites for hydroxylation is 1. The summed E-state index contributed by atoms with van der Waals surface area (Å²) in [5.41, 5.74) is 2.21. The van der Waals surface area contributed by atoms with Gasteiger partial charge in [0.15, 0.2) is 0 Å². The van der Waals surface area contributed by atoms with Crippen LogP contribution in [-0.4, -0.2) is 29.5 Å². The van der Waals surface area contributed by atoms with Gasteiger partial charge in [-0.05, 0) is 44.7 Å². The minimum atomic E-state index is 0.246. The molecule has 4 heteroatoms. The summed E-state index contributed by atoms with van der Waals surface area (Å²) >= 11 is 0. The number of likely N-dealkylation sites (N-methyl/N-ethyl adjacent to an activating group) is 1. The molecule has 0 aliphatic rings. The smallest absolute Gasteiger partial charge is 0.120 e. The van der Waals surface area contributed by atoms with Gasteiger partial charge in [0.05, 0.1) is 18.0 Å². The van der Waals surface area contributed by atoms with Gasteiger partial charge in [-0.25, -0.2) is 0 Å². The normalized spacial score (nSPS) is 12.8. The first kappa shape index (κ1) is 15.7. The number of pyridine rings is 1. The van der Waals surface area contributed by atoms with Gasteiger partial charge in [0, 0.05) is 25.3 Å². The van der Waals surface area contributed by atoms with E-state index in [4.69, 9.17) is 4.42 Å². The summed E-state index contributed by atoms with van der Waals surface area (Å²) in [4.78, 5) is 6.96. The van der Waals surface area contributed by atoms with Gasteiger partial charge in [0.2, 0.25) is 0 Å². The highest BCUT2D eigenvalue weighted by atomic mass is 16.3. The van der Waals surface area contributed by atoms with Crippen molar-refractivity contribution in [2.45, 2.75) is 33.4 Å². The molecule has 0 aliphatic heterocycles. The summed E-state index contributed by atoms with van der Waals surface area (Å²) in [6.07, 6.45) is 1.72. The van der Waals surface area contributed by atoms with Crippen LogP contribution in [0.1, 0.15) is 37.0 Å². The maximum absolute atomic E-state index is 5.40. The maximum Gasteiger partial charge on any atom is 0.120 e. The second kappa shape index (κ2) is 7.96. The molecule has 2 aromatic rings. The Morgan fingerprint density at radius 2 is 2.14 bits per heavy atom. The molecule has 1 unspecified atom stereocenters. The van der Waals surface area contributed by atoms with Crippen molar-refractivity contribution in [3.05, 3.63) is 53.7 Å². The number of hydrogen-bond donors (Lipinski definition) is 1. The molecular formula is C17H25N3O. The zero-order valence-corrected chi connectivity index (χ0v) is 13.2. The largest absolute Gasteiger partial charge is 0.468 e. The van der Waals surface area contributed by atoms with Gasteiger partial charge in [0.25, 0.3) is 0 Å². The topological polar surface area (TPSA) is 41.3 Å². The molecule has 114 valence electrons. The summed E-state index contributed by atoms with van der Waals surface area (Å²) < 4.78 is 5.40. The Bertz CT molecular complexity index is 525. The fraction of sp³-hybridized carbons (Fsp3) is 0.471. The minimum absolute atomic E-state index is 0.246. The van der Waals surface area contributed by atoms with E-state index in [1.807, 2.05) is 25.1 Å². The van der Waals surface area contributed by atoms with Crippen molar-refractivity contribution in [3.8, 4) is 0 Å². The van der Waals surface area contributed by atoms with E-state index in [9.17, 15) is 0 Å². The lowest BCUT2D eigenvalue weighted by atomic mass is 10.2. The average Bonchev–Trinajstić information content (AvgIpc) is 3.00.